The molecule has 1 rings (SSSR count). The maximum absolute atomic E-state index is 11.7. The third-order valence-electron chi connectivity index (χ3n) is 2.60. The highest BCUT2D eigenvalue weighted by atomic mass is 32.2. The van der Waals surface area contributed by atoms with Crippen LogP contribution < -0.4 is 5.32 Å². The summed E-state index contributed by atoms with van der Waals surface area (Å²) in [5, 5.41) is 10.9. The number of nitrogens with zero attached hydrogens (tertiary/aromatic N) is 1. The minimum Gasteiger partial charge on any atom is -0.481 e. The zero-order valence-electron chi connectivity index (χ0n) is 10.3. The summed E-state index contributed by atoms with van der Waals surface area (Å²) in [6, 6.07) is -0.372. The molecular formula is C11H18N2O4S. The molecule has 102 valence electrons. The smallest absolute Gasteiger partial charge is 0.324 e. The third kappa shape index (κ3) is 5.39. The molecule has 1 saturated heterocycles. The first-order valence-electron chi connectivity index (χ1n) is 5.87. The number of urea groups is 1. The highest BCUT2D eigenvalue weighted by molar-refractivity contribution is 7.99. The lowest BCUT2D eigenvalue weighted by atomic mass is 10.0. The fourth-order valence-corrected chi connectivity index (χ4v) is 2.61. The zero-order valence-corrected chi connectivity index (χ0v) is 11.2. The molecule has 0 aliphatic carbocycles. The first-order valence-corrected chi connectivity index (χ1v) is 7.03. The predicted molar refractivity (Wildman–Crippen MR) is 68.5 cm³/mol. The van der Waals surface area contributed by atoms with Gasteiger partial charge in [-0.05, 0) is 5.92 Å². The molecule has 1 heterocycles. The van der Waals surface area contributed by atoms with Crippen molar-refractivity contribution in [2.24, 2.45) is 5.92 Å². The number of imide groups is 1. The zero-order chi connectivity index (χ0) is 13.5. The average Bonchev–Trinajstić information content (AvgIpc) is 2.28. The first kappa shape index (κ1) is 14.8. The van der Waals surface area contributed by atoms with Crippen molar-refractivity contribution in [3.8, 4) is 0 Å². The number of aliphatic carboxylic acids is 1. The van der Waals surface area contributed by atoms with Gasteiger partial charge in [-0.2, -0.15) is 11.8 Å². The summed E-state index contributed by atoms with van der Waals surface area (Å²) in [7, 11) is 0. The van der Waals surface area contributed by atoms with Gasteiger partial charge >= 0.3 is 12.0 Å². The molecule has 2 N–H and O–H groups in total. The standard InChI is InChI=1S/C11H18N2O4S/c1-8(7-10(15)16)6-9(14)12-11(17)13-2-4-18-5-3-13/h8H,2-7H2,1H3,(H,15,16)(H,12,14,17). The quantitative estimate of drug-likeness (QED) is 0.791. The number of carbonyl (C=O) groups is 3. The van der Waals surface area contributed by atoms with Gasteiger partial charge in [-0.25, -0.2) is 4.79 Å². The van der Waals surface area contributed by atoms with E-state index >= 15 is 0 Å². The minimum absolute atomic E-state index is 0.0562. The summed E-state index contributed by atoms with van der Waals surface area (Å²) in [5.74, 6) is 0.155. The van der Waals surface area contributed by atoms with Gasteiger partial charge in [-0.3, -0.25) is 14.9 Å². The van der Waals surface area contributed by atoms with E-state index in [4.69, 9.17) is 5.11 Å². The molecule has 1 aliphatic heterocycles. The van der Waals surface area contributed by atoms with Gasteiger partial charge in [0.05, 0.1) is 0 Å². The second-order valence-electron chi connectivity index (χ2n) is 4.36. The van der Waals surface area contributed by atoms with Crippen LogP contribution in [0.25, 0.3) is 0 Å². The number of hydrogen-bond acceptors (Lipinski definition) is 4. The van der Waals surface area contributed by atoms with E-state index in [0.29, 0.717) is 13.1 Å². The molecule has 0 aromatic heterocycles. The van der Waals surface area contributed by atoms with Crippen LogP contribution in [0.3, 0.4) is 0 Å². The molecular weight excluding hydrogens is 256 g/mol. The molecule has 1 aliphatic rings. The maximum Gasteiger partial charge on any atom is 0.324 e. The topological polar surface area (TPSA) is 86.7 Å². The Hall–Kier alpha value is -1.24. The fourth-order valence-electron chi connectivity index (χ4n) is 1.70. The Labute approximate surface area is 110 Å². The van der Waals surface area contributed by atoms with Crippen LogP contribution in [-0.2, 0) is 9.59 Å². The van der Waals surface area contributed by atoms with Crippen molar-refractivity contribution < 1.29 is 19.5 Å². The number of rotatable bonds is 4. The van der Waals surface area contributed by atoms with Crippen molar-refractivity contribution in [2.45, 2.75) is 19.8 Å². The molecule has 7 heteroatoms. The number of carbonyl (C=O) groups excluding carboxylic acids is 2. The Morgan fingerprint density at radius 2 is 1.89 bits per heavy atom. The van der Waals surface area contributed by atoms with Gasteiger partial charge in [0.2, 0.25) is 5.91 Å². The van der Waals surface area contributed by atoms with Crippen molar-refractivity contribution >= 4 is 29.7 Å². The lowest BCUT2D eigenvalue weighted by molar-refractivity contribution is -0.138. The number of hydrogen-bond donors (Lipinski definition) is 2. The molecule has 0 radical (unpaired) electrons. The van der Waals surface area contributed by atoms with Crippen molar-refractivity contribution in [1.29, 1.82) is 0 Å². The Bertz CT molecular complexity index is 329. The van der Waals surface area contributed by atoms with Crippen LogP contribution in [0.2, 0.25) is 0 Å². The highest BCUT2D eigenvalue weighted by Gasteiger charge is 2.20. The molecule has 6 nitrogen and oxygen atoms in total. The van der Waals surface area contributed by atoms with E-state index in [1.165, 1.54) is 0 Å². The van der Waals surface area contributed by atoms with Gasteiger partial charge in [0, 0.05) is 37.4 Å². The molecule has 18 heavy (non-hydrogen) atoms. The Morgan fingerprint density at radius 1 is 1.28 bits per heavy atom. The van der Waals surface area contributed by atoms with E-state index in [0.717, 1.165) is 11.5 Å². The van der Waals surface area contributed by atoms with Crippen LogP contribution in [0.1, 0.15) is 19.8 Å². The molecule has 0 spiro atoms. The SMILES string of the molecule is CC(CC(=O)O)CC(=O)NC(=O)N1CCSCC1. The second-order valence-corrected chi connectivity index (χ2v) is 5.58. The number of carboxylic acids is 1. The van der Waals surface area contributed by atoms with Gasteiger partial charge < -0.3 is 10.0 Å². The van der Waals surface area contributed by atoms with Crippen LogP contribution in [0, 0.1) is 5.92 Å². The van der Waals surface area contributed by atoms with Crippen molar-refractivity contribution in [1.82, 2.24) is 10.2 Å². The Kier molecular flexibility index (Phi) is 5.97. The monoisotopic (exact) mass is 274 g/mol. The molecule has 1 fully saturated rings. The summed E-state index contributed by atoms with van der Waals surface area (Å²) in [4.78, 5) is 35.3. The molecule has 0 aromatic rings. The molecule has 1 unspecified atom stereocenters. The molecule has 0 aromatic carbocycles. The second kappa shape index (κ2) is 7.25. The Morgan fingerprint density at radius 3 is 2.44 bits per heavy atom. The van der Waals surface area contributed by atoms with E-state index in [-0.39, 0.29) is 24.8 Å². The van der Waals surface area contributed by atoms with E-state index in [1.807, 2.05) is 0 Å². The molecule has 3 amide bonds. The summed E-state index contributed by atoms with van der Waals surface area (Å²) in [6.45, 7) is 2.97. The van der Waals surface area contributed by atoms with Crippen molar-refractivity contribution in [3.05, 3.63) is 0 Å². The Balaban J connectivity index is 2.30. The van der Waals surface area contributed by atoms with E-state index in [2.05, 4.69) is 5.32 Å². The molecule has 0 saturated carbocycles. The van der Waals surface area contributed by atoms with Gasteiger partial charge in [0.1, 0.15) is 0 Å². The third-order valence-corrected chi connectivity index (χ3v) is 3.54. The molecule has 0 bridgehead atoms. The lowest BCUT2D eigenvalue weighted by Crippen LogP contribution is -2.46. The number of carboxylic acid groups (broad SMARTS) is 1. The summed E-state index contributed by atoms with van der Waals surface area (Å²) in [6.07, 6.45) is -0.0113. The van der Waals surface area contributed by atoms with Gasteiger partial charge in [-0.1, -0.05) is 6.92 Å². The van der Waals surface area contributed by atoms with E-state index in [1.54, 1.807) is 23.6 Å². The molecule has 1 atom stereocenters. The van der Waals surface area contributed by atoms with Crippen LogP contribution in [-0.4, -0.2) is 52.5 Å². The van der Waals surface area contributed by atoms with Crippen LogP contribution in [0.4, 0.5) is 4.79 Å². The largest absolute Gasteiger partial charge is 0.481 e. The fraction of sp³-hybridized carbons (Fsp3) is 0.727. The minimum atomic E-state index is -0.935. The van der Waals surface area contributed by atoms with Crippen LogP contribution >= 0.6 is 11.8 Å². The number of nitrogens with one attached hydrogen (secondary N) is 1. The lowest BCUT2D eigenvalue weighted by Gasteiger charge is -2.26. The summed E-state index contributed by atoms with van der Waals surface area (Å²) in [5.41, 5.74) is 0. The normalized spacial score (nSPS) is 17.1. The number of amides is 3. The average molecular weight is 274 g/mol. The predicted octanol–water partition coefficient (Wildman–Crippen LogP) is 0.772. The maximum atomic E-state index is 11.7. The first-order chi connectivity index (χ1) is 8.49. The number of thioether (sulfide) groups is 1. The van der Waals surface area contributed by atoms with Crippen molar-refractivity contribution in [2.75, 3.05) is 24.6 Å². The van der Waals surface area contributed by atoms with Gasteiger partial charge in [-0.15, -0.1) is 0 Å². The van der Waals surface area contributed by atoms with Gasteiger partial charge in [0.25, 0.3) is 0 Å². The van der Waals surface area contributed by atoms with Crippen LogP contribution in [0.5, 0.6) is 0 Å². The van der Waals surface area contributed by atoms with Crippen molar-refractivity contribution in [3.63, 3.8) is 0 Å². The van der Waals surface area contributed by atoms with Gasteiger partial charge in [0.15, 0.2) is 0 Å². The van der Waals surface area contributed by atoms with E-state index < -0.39 is 11.9 Å². The highest BCUT2D eigenvalue weighted by Crippen LogP contribution is 2.10. The summed E-state index contributed by atoms with van der Waals surface area (Å²) >= 11 is 1.78. The van der Waals surface area contributed by atoms with Crippen LogP contribution in [0.15, 0.2) is 0 Å². The summed E-state index contributed by atoms with van der Waals surface area (Å²) < 4.78 is 0. The van der Waals surface area contributed by atoms with E-state index in [9.17, 15) is 14.4 Å².